The second kappa shape index (κ2) is 8.76. The highest BCUT2D eigenvalue weighted by Crippen LogP contribution is 2.27. The van der Waals surface area contributed by atoms with Gasteiger partial charge in [-0.3, -0.25) is 4.79 Å². The summed E-state index contributed by atoms with van der Waals surface area (Å²) in [6, 6.07) is 6.85. The summed E-state index contributed by atoms with van der Waals surface area (Å²) in [5.74, 6) is -0.403. The summed E-state index contributed by atoms with van der Waals surface area (Å²) in [7, 11) is 0. The summed E-state index contributed by atoms with van der Waals surface area (Å²) in [6.45, 7) is 5.53. The Morgan fingerprint density at radius 3 is 2.75 bits per heavy atom. The molecule has 0 bridgehead atoms. The van der Waals surface area contributed by atoms with Crippen LogP contribution in [0.25, 0.3) is 10.6 Å². The van der Waals surface area contributed by atoms with Crippen LogP contribution < -0.4 is 5.32 Å². The first-order valence-corrected chi connectivity index (χ1v) is 8.20. The standard InChI is InChI=1S/C16H18FN3OS.2ClH/c1-10-11(2)20(8-7-18-10)16(21)14-9-22-15(19-14)12-5-3-4-6-13(12)17;;/h3-6,9-11,18H,7-8H2,1-2H3;2*1H. The van der Waals surface area contributed by atoms with Crippen LogP contribution in [0.4, 0.5) is 4.39 Å². The van der Waals surface area contributed by atoms with Crippen molar-refractivity contribution in [2.24, 2.45) is 0 Å². The van der Waals surface area contributed by atoms with Crippen LogP contribution in [-0.2, 0) is 0 Å². The average Bonchev–Trinajstić information content (AvgIpc) is 2.99. The van der Waals surface area contributed by atoms with Crippen LogP contribution in [0.15, 0.2) is 29.6 Å². The van der Waals surface area contributed by atoms with Crippen molar-refractivity contribution in [3.8, 4) is 10.6 Å². The molecular weight excluding hydrogens is 372 g/mol. The number of hydrogen-bond donors (Lipinski definition) is 1. The Labute approximate surface area is 157 Å². The molecule has 8 heteroatoms. The SMILES string of the molecule is CC1NCCN(C(=O)c2csc(-c3ccccc3F)n2)C1C.Cl.Cl. The van der Waals surface area contributed by atoms with Gasteiger partial charge in [-0.15, -0.1) is 36.2 Å². The Bertz CT molecular complexity index is 697. The lowest BCUT2D eigenvalue weighted by molar-refractivity contribution is 0.0598. The van der Waals surface area contributed by atoms with E-state index in [-0.39, 0.29) is 48.6 Å². The highest BCUT2D eigenvalue weighted by molar-refractivity contribution is 7.13. The average molecular weight is 392 g/mol. The van der Waals surface area contributed by atoms with Crippen molar-refractivity contribution in [2.75, 3.05) is 13.1 Å². The van der Waals surface area contributed by atoms with E-state index in [0.717, 1.165) is 6.54 Å². The molecule has 1 saturated heterocycles. The number of aromatic nitrogens is 1. The largest absolute Gasteiger partial charge is 0.332 e. The third-order valence-corrected chi connectivity index (χ3v) is 5.00. The third-order valence-electron chi connectivity index (χ3n) is 4.12. The highest BCUT2D eigenvalue weighted by atomic mass is 35.5. The molecule has 0 spiro atoms. The van der Waals surface area contributed by atoms with E-state index in [0.29, 0.717) is 22.8 Å². The van der Waals surface area contributed by atoms with Crippen molar-refractivity contribution in [2.45, 2.75) is 25.9 Å². The van der Waals surface area contributed by atoms with Gasteiger partial charge in [0.25, 0.3) is 5.91 Å². The number of carbonyl (C=O) groups excluding carboxylic acids is 1. The summed E-state index contributed by atoms with van der Waals surface area (Å²) >= 11 is 1.30. The van der Waals surface area contributed by atoms with Crippen LogP contribution in [0.1, 0.15) is 24.3 Å². The van der Waals surface area contributed by atoms with E-state index in [2.05, 4.69) is 17.2 Å². The Kier molecular flexibility index (Phi) is 7.60. The topological polar surface area (TPSA) is 45.2 Å². The van der Waals surface area contributed by atoms with E-state index in [1.54, 1.807) is 23.6 Å². The molecule has 24 heavy (non-hydrogen) atoms. The first kappa shape index (κ1) is 20.8. The molecule has 0 radical (unpaired) electrons. The van der Waals surface area contributed by atoms with Gasteiger partial charge in [0.05, 0.1) is 0 Å². The molecule has 1 amide bonds. The van der Waals surface area contributed by atoms with Crippen molar-refractivity contribution in [1.29, 1.82) is 0 Å². The van der Waals surface area contributed by atoms with Gasteiger partial charge >= 0.3 is 0 Å². The fourth-order valence-electron chi connectivity index (χ4n) is 2.62. The summed E-state index contributed by atoms with van der Waals surface area (Å²) in [5, 5.41) is 5.60. The van der Waals surface area contributed by atoms with Gasteiger partial charge in [0.15, 0.2) is 0 Å². The molecule has 1 aliphatic heterocycles. The maximum absolute atomic E-state index is 13.8. The van der Waals surface area contributed by atoms with Crippen molar-refractivity contribution in [3.05, 3.63) is 41.2 Å². The zero-order valence-corrected chi connectivity index (χ0v) is 15.8. The molecule has 4 nitrogen and oxygen atoms in total. The van der Waals surface area contributed by atoms with E-state index in [1.807, 2.05) is 11.8 Å². The minimum Gasteiger partial charge on any atom is -0.332 e. The van der Waals surface area contributed by atoms with Crippen molar-refractivity contribution in [3.63, 3.8) is 0 Å². The smallest absolute Gasteiger partial charge is 0.273 e. The second-order valence-corrected chi connectivity index (χ2v) is 6.36. The summed E-state index contributed by atoms with van der Waals surface area (Å²) in [6.07, 6.45) is 0. The minimum atomic E-state index is -0.319. The predicted molar refractivity (Wildman–Crippen MR) is 100.0 cm³/mol. The molecule has 2 atom stereocenters. The van der Waals surface area contributed by atoms with Crippen LogP contribution >= 0.6 is 36.2 Å². The number of nitrogens with one attached hydrogen (secondary N) is 1. The molecule has 132 valence electrons. The molecular formula is C16H20Cl2FN3OS. The van der Waals surface area contributed by atoms with E-state index in [9.17, 15) is 9.18 Å². The molecule has 3 rings (SSSR count). The van der Waals surface area contributed by atoms with E-state index < -0.39 is 0 Å². The van der Waals surface area contributed by atoms with Gasteiger partial charge in [-0.05, 0) is 26.0 Å². The predicted octanol–water partition coefficient (Wildman–Crippen LogP) is 3.62. The van der Waals surface area contributed by atoms with Crippen LogP contribution in [-0.4, -0.2) is 41.0 Å². The van der Waals surface area contributed by atoms with Crippen LogP contribution in [0, 0.1) is 5.82 Å². The first-order chi connectivity index (χ1) is 10.6. The molecule has 2 aromatic rings. The molecule has 1 fully saturated rings. The van der Waals surface area contributed by atoms with Gasteiger partial charge in [-0.2, -0.15) is 0 Å². The number of piperazine rings is 1. The van der Waals surface area contributed by atoms with Crippen molar-refractivity contribution >= 4 is 42.1 Å². The first-order valence-electron chi connectivity index (χ1n) is 7.32. The number of carbonyl (C=O) groups is 1. The Balaban J connectivity index is 0.00000144. The van der Waals surface area contributed by atoms with E-state index in [1.165, 1.54) is 17.4 Å². The lowest BCUT2D eigenvalue weighted by atomic mass is 10.1. The lowest BCUT2D eigenvalue weighted by Crippen LogP contribution is -2.57. The number of benzene rings is 1. The Hall–Kier alpha value is -1.21. The normalized spacial score (nSPS) is 20.0. The number of nitrogens with zero attached hydrogens (tertiary/aromatic N) is 2. The van der Waals surface area contributed by atoms with Crippen molar-refractivity contribution < 1.29 is 9.18 Å². The summed E-state index contributed by atoms with van der Waals surface area (Å²) < 4.78 is 13.8. The van der Waals surface area contributed by atoms with Gasteiger partial charge in [0.1, 0.15) is 16.5 Å². The fourth-order valence-corrected chi connectivity index (χ4v) is 3.44. The Morgan fingerprint density at radius 1 is 1.33 bits per heavy atom. The van der Waals surface area contributed by atoms with Crippen LogP contribution in [0.2, 0.25) is 0 Å². The number of rotatable bonds is 2. The quantitative estimate of drug-likeness (QED) is 0.849. The molecule has 2 unspecified atom stereocenters. The molecule has 2 heterocycles. The molecule has 1 N–H and O–H groups in total. The number of halogens is 3. The van der Waals surface area contributed by atoms with Crippen molar-refractivity contribution in [1.82, 2.24) is 15.2 Å². The van der Waals surface area contributed by atoms with Gasteiger partial charge in [-0.25, -0.2) is 9.37 Å². The van der Waals surface area contributed by atoms with Crippen LogP contribution in [0.5, 0.6) is 0 Å². The summed E-state index contributed by atoms with van der Waals surface area (Å²) in [5.41, 5.74) is 0.831. The number of hydrogen-bond acceptors (Lipinski definition) is 4. The number of amides is 1. The lowest BCUT2D eigenvalue weighted by Gasteiger charge is -2.38. The zero-order valence-electron chi connectivity index (χ0n) is 13.4. The molecule has 1 aromatic carbocycles. The van der Waals surface area contributed by atoms with E-state index >= 15 is 0 Å². The van der Waals surface area contributed by atoms with Gasteiger partial charge in [-0.1, -0.05) is 12.1 Å². The third kappa shape index (κ3) is 4.06. The van der Waals surface area contributed by atoms with Gasteiger partial charge < -0.3 is 10.2 Å². The molecule has 0 saturated carbocycles. The monoisotopic (exact) mass is 391 g/mol. The maximum Gasteiger partial charge on any atom is 0.273 e. The summed E-state index contributed by atoms with van der Waals surface area (Å²) in [4.78, 5) is 18.8. The molecule has 0 aliphatic carbocycles. The van der Waals surface area contributed by atoms with Gasteiger partial charge in [0.2, 0.25) is 0 Å². The Morgan fingerprint density at radius 2 is 2.04 bits per heavy atom. The second-order valence-electron chi connectivity index (χ2n) is 5.50. The minimum absolute atomic E-state index is 0. The highest BCUT2D eigenvalue weighted by Gasteiger charge is 2.30. The fraction of sp³-hybridized carbons (Fsp3) is 0.375. The maximum atomic E-state index is 13.8. The molecule has 1 aliphatic rings. The van der Waals surface area contributed by atoms with E-state index in [4.69, 9.17) is 0 Å². The zero-order chi connectivity index (χ0) is 15.7. The van der Waals surface area contributed by atoms with Crippen LogP contribution in [0.3, 0.4) is 0 Å². The van der Waals surface area contributed by atoms with Gasteiger partial charge in [0, 0.05) is 36.1 Å². The number of thiazole rings is 1. The molecule has 1 aromatic heterocycles.